The second-order valence-corrected chi connectivity index (χ2v) is 3.04. The maximum Gasteiger partial charge on any atom is 0.195 e. The van der Waals surface area contributed by atoms with Crippen LogP contribution in [0.15, 0.2) is 4.99 Å². The zero-order valence-corrected chi connectivity index (χ0v) is 7.19. The first-order valence-electron chi connectivity index (χ1n) is 3.55. The Bertz CT molecular complexity index is 163. The van der Waals surface area contributed by atoms with Gasteiger partial charge in [-0.15, -0.1) is 0 Å². The molecule has 3 heteroatoms. The normalized spacial score (nSPS) is 18.7. The highest BCUT2D eigenvalue weighted by Gasteiger charge is 2.13. The van der Waals surface area contributed by atoms with Gasteiger partial charge < -0.3 is 4.90 Å². The summed E-state index contributed by atoms with van der Waals surface area (Å²) < 4.78 is 0. The monoisotopic (exact) mass is 156 g/mol. The highest BCUT2D eigenvalue weighted by molar-refractivity contribution is 7.80. The predicted octanol–water partition coefficient (Wildman–Crippen LogP) is 1.46. The Labute approximate surface area is 66.9 Å². The zero-order valence-electron chi connectivity index (χ0n) is 6.37. The molecule has 0 saturated carbocycles. The van der Waals surface area contributed by atoms with Crippen molar-refractivity contribution < 1.29 is 0 Å². The second kappa shape index (κ2) is 3.10. The summed E-state index contributed by atoms with van der Waals surface area (Å²) in [6.45, 7) is 5.29. The van der Waals surface area contributed by atoms with Gasteiger partial charge in [0.05, 0.1) is 0 Å². The highest BCUT2D eigenvalue weighted by atomic mass is 32.1. The Hall–Kier alpha value is -0.440. The van der Waals surface area contributed by atoms with E-state index in [0.717, 1.165) is 18.1 Å². The molecule has 1 aliphatic rings. The molecule has 10 heavy (non-hydrogen) atoms. The van der Waals surface area contributed by atoms with Crippen LogP contribution in [0.2, 0.25) is 0 Å². The summed E-state index contributed by atoms with van der Waals surface area (Å²) in [6, 6.07) is 0.491. The Morgan fingerprint density at radius 3 is 2.80 bits per heavy atom. The molecule has 0 aromatic heterocycles. The van der Waals surface area contributed by atoms with Gasteiger partial charge in [-0.05, 0) is 26.1 Å². The molecule has 0 amide bonds. The van der Waals surface area contributed by atoms with E-state index in [1.165, 1.54) is 0 Å². The minimum absolute atomic E-state index is 0.491. The van der Waals surface area contributed by atoms with Crippen molar-refractivity contribution in [2.45, 2.75) is 26.3 Å². The maximum atomic E-state index is 5.03. The third-order valence-electron chi connectivity index (χ3n) is 1.57. The Morgan fingerprint density at radius 2 is 2.40 bits per heavy atom. The molecular weight excluding hydrogens is 144 g/mol. The molecule has 0 aliphatic carbocycles. The van der Waals surface area contributed by atoms with Gasteiger partial charge in [0.15, 0.2) is 5.11 Å². The van der Waals surface area contributed by atoms with E-state index in [0.29, 0.717) is 6.04 Å². The minimum Gasteiger partial charge on any atom is -0.345 e. The van der Waals surface area contributed by atoms with Crippen molar-refractivity contribution in [3.63, 3.8) is 0 Å². The first kappa shape index (κ1) is 7.66. The molecule has 1 aliphatic heterocycles. The average Bonchev–Trinajstić information content (AvgIpc) is 1.88. The molecule has 0 aromatic carbocycles. The smallest absolute Gasteiger partial charge is 0.195 e. The molecule has 2 nitrogen and oxygen atoms in total. The molecule has 0 radical (unpaired) electrons. The van der Waals surface area contributed by atoms with Crippen LogP contribution in [0.25, 0.3) is 0 Å². The SMILES string of the molecule is CC(C)N1CCC=NC1=S. The molecule has 0 unspecified atom stereocenters. The van der Waals surface area contributed by atoms with Crippen LogP contribution in [-0.4, -0.2) is 28.8 Å². The number of hydrogen-bond donors (Lipinski definition) is 0. The van der Waals surface area contributed by atoms with Crippen LogP contribution in [0.1, 0.15) is 20.3 Å². The Kier molecular flexibility index (Phi) is 2.38. The van der Waals surface area contributed by atoms with Gasteiger partial charge in [0.25, 0.3) is 0 Å². The molecule has 0 N–H and O–H groups in total. The summed E-state index contributed by atoms with van der Waals surface area (Å²) in [6.07, 6.45) is 2.92. The van der Waals surface area contributed by atoms with E-state index in [9.17, 15) is 0 Å². The molecule has 56 valence electrons. The van der Waals surface area contributed by atoms with Crippen LogP contribution in [0.4, 0.5) is 0 Å². The van der Waals surface area contributed by atoms with E-state index in [2.05, 4.69) is 23.7 Å². The lowest BCUT2D eigenvalue weighted by Gasteiger charge is -2.28. The Balaban J connectivity index is 2.61. The predicted molar refractivity (Wildman–Crippen MR) is 47.5 cm³/mol. The molecule has 0 bridgehead atoms. The number of nitrogens with zero attached hydrogens (tertiary/aromatic N) is 2. The largest absolute Gasteiger partial charge is 0.345 e. The third kappa shape index (κ3) is 1.53. The van der Waals surface area contributed by atoms with Crippen LogP contribution in [0.3, 0.4) is 0 Å². The van der Waals surface area contributed by atoms with Crippen molar-refractivity contribution >= 4 is 23.5 Å². The van der Waals surface area contributed by atoms with E-state index in [-0.39, 0.29) is 0 Å². The van der Waals surface area contributed by atoms with Crippen LogP contribution in [-0.2, 0) is 0 Å². The average molecular weight is 156 g/mol. The van der Waals surface area contributed by atoms with Crippen molar-refractivity contribution in [2.75, 3.05) is 6.54 Å². The van der Waals surface area contributed by atoms with Gasteiger partial charge in [0.1, 0.15) is 0 Å². The van der Waals surface area contributed by atoms with Gasteiger partial charge in [-0.1, -0.05) is 0 Å². The van der Waals surface area contributed by atoms with Crippen molar-refractivity contribution in [3.05, 3.63) is 0 Å². The number of hydrogen-bond acceptors (Lipinski definition) is 1. The number of rotatable bonds is 1. The molecular formula is C7H12N2S. The molecule has 0 atom stereocenters. The fourth-order valence-electron chi connectivity index (χ4n) is 0.988. The first-order valence-corrected chi connectivity index (χ1v) is 3.96. The van der Waals surface area contributed by atoms with Crippen LogP contribution in [0.5, 0.6) is 0 Å². The van der Waals surface area contributed by atoms with Crippen molar-refractivity contribution in [1.29, 1.82) is 0 Å². The lowest BCUT2D eigenvalue weighted by molar-refractivity contribution is 0.358. The van der Waals surface area contributed by atoms with E-state index < -0.39 is 0 Å². The highest BCUT2D eigenvalue weighted by Crippen LogP contribution is 2.05. The zero-order chi connectivity index (χ0) is 7.56. The summed E-state index contributed by atoms with van der Waals surface area (Å²) in [7, 11) is 0. The standard InChI is InChI=1S/C7H12N2S/c1-6(2)9-5-3-4-8-7(9)10/h4,6H,3,5H2,1-2H3. The van der Waals surface area contributed by atoms with Gasteiger partial charge in [0.2, 0.25) is 0 Å². The molecule has 0 fully saturated rings. The quantitative estimate of drug-likeness (QED) is 0.534. The van der Waals surface area contributed by atoms with Gasteiger partial charge >= 0.3 is 0 Å². The van der Waals surface area contributed by atoms with E-state index >= 15 is 0 Å². The summed E-state index contributed by atoms with van der Waals surface area (Å²) in [5, 5.41) is 0.737. The van der Waals surface area contributed by atoms with E-state index in [1.54, 1.807) is 0 Å². The fraction of sp³-hybridized carbons (Fsp3) is 0.714. The van der Waals surface area contributed by atoms with Gasteiger partial charge in [0, 0.05) is 25.2 Å². The molecule has 0 saturated heterocycles. The van der Waals surface area contributed by atoms with Crippen molar-refractivity contribution in [2.24, 2.45) is 4.99 Å². The van der Waals surface area contributed by atoms with Crippen LogP contribution in [0, 0.1) is 0 Å². The van der Waals surface area contributed by atoms with Crippen LogP contribution >= 0.6 is 12.2 Å². The van der Waals surface area contributed by atoms with Crippen LogP contribution < -0.4 is 0 Å². The number of thiocarbonyl (C=S) groups is 1. The lowest BCUT2D eigenvalue weighted by Crippen LogP contribution is -2.37. The summed E-state index contributed by atoms with van der Waals surface area (Å²) in [5.74, 6) is 0. The number of aliphatic imine (C=N–C) groups is 1. The summed E-state index contributed by atoms with van der Waals surface area (Å²) in [4.78, 5) is 6.20. The Morgan fingerprint density at radius 1 is 1.70 bits per heavy atom. The second-order valence-electron chi connectivity index (χ2n) is 2.67. The lowest BCUT2D eigenvalue weighted by atomic mass is 10.3. The molecule has 1 rings (SSSR count). The van der Waals surface area contributed by atoms with E-state index in [4.69, 9.17) is 12.2 Å². The fourth-order valence-corrected chi connectivity index (χ4v) is 1.36. The topological polar surface area (TPSA) is 15.6 Å². The third-order valence-corrected chi connectivity index (χ3v) is 1.91. The summed E-state index contributed by atoms with van der Waals surface area (Å²) in [5.41, 5.74) is 0. The molecule has 0 spiro atoms. The van der Waals surface area contributed by atoms with Crippen molar-refractivity contribution in [3.8, 4) is 0 Å². The molecule has 1 heterocycles. The first-order chi connectivity index (χ1) is 4.72. The van der Waals surface area contributed by atoms with Gasteiger partial charge in [-0.25, -0.2) is 4.99 Å². The minimum atomic E-state index is 0.491. The molecule has 0 aromatic rings. The maximum absolute atomic E-state index is 5.03. The van der Waals surface area contributed by atoms with E-state index in [1.807, 2.05) is 6.21 Å². The van der Waals surface area contributed by atoms with Gasteiger partial charge in [-0.2, -0.15) is 0 Å². The summed E-state index contributed by atoms with van der Waals surface area (Å²) >= 11 is 5.03. The van der Waals surface area contributed by atoms with Gasteiger partial charge in [-0.3, -0.25) is 0 Å². The van der Waals surface area contributed by atoms with Crippen molar-refractivity contribution in [1.82, 2.24) is 4.90 Å².